The largest absolute Gasteiger partial charge is 0.481 e. The summed E-state index contributed by atoms with van der Waals surface area (Å²) in [5.74, 6) is 0.778. The summed E-state index contributed by atoms with van der Waals surface area (Å²) in [6.45, 7) is 2.02. The van der Waals surface area contributed by atoms with Gasteiger partial charge in [0.15, 0.2) is 0 Å². The van der Waals surface area contributed by atoms with Crippen molar-refractivity contribution in [3.05, 3.63) is 18.3 Å². The molecule has 1 rings (SSSR count). The lowest BCUT2D eigenvalue weighted by molar-refractivity contribution is 0.398. The van der Waals surface area contributed by atoms with Gasteiger partial charge in [-0.25, -0.2) is 4.98 Å². The van der Waals surface area contributed by atoms with Crippen LogP contribution in [0, 0.1) is 5.41 Å². The van der Waals surface area contributed by atoms with Crippen molar-refractivity contribution in [2.45, 2.75) is 19.4 Å². The van der Waals surface area contributed by atoms with E-state index in [9.17, 15) is 0 Å². The number of methoxy groups -OCH3 is 1. The van der Waals surface area contributed by atoms with Crippen molar-refractivity contribution in [1.82, 2.24) is 4.98 Å². The Morgan fingerprint density at radius 1 is 1.69 bits per heavy atom. The fraction of sp³-hybridized carbons (Fsp3) is 0.455. The van der Waals surface area contributed by atoms with Crippen LogP contribution in [0.3, 0.4) is 0 Å². The molecule has 0 saturated heterocycles. The van der Waals surface area contributed by atoms with Gasteiger partial charge in [0.05, 0.1) is 12.9 Å². The van der Waals surface area contributed by atoms with Crippen LogP contribution in [0.1, 0.15) is 13.3 Å². The number of rotatable bonds is 5. The molecule has 1 aromatic rings. The van der Waals surface area contributed by atoms with Crippen LogP contribution in [0.15, 0.2) is 18.3 Å². The summed E-state index contributed by atoms with van der Waals surface area (Å²) in [4.78, 5) is 6.09. The van der Waals surface area contributed by atoms with Gasteiger partial charge in [-0.1, -0.05) is 0 Å². The topological polar surface area (TPSA) is 75.2 Å². The molecule has 0 aromatic carbocycles. The average Bonchev–Trinajstić information content (AvgIpc) is 2.27. The fourth-order valence-electron chi connectivity index (χ4n) is 1.44. The van der Waals surface area contributed by atoms with Crippen LogP contribution in [0.5, 0.6) is 5.88 Å². The molecule has 0 spiro atoms. The fourth-order valence-corrected chi connectivity index (χ4v) is 1.44. The molecule has 1 unspecified atom stereocenters. The van der Waals surface area contributed by atoms with Crippen LogP contribution in [-0.4, -0.2) is 31.0 Å². The maximum absolute atomic E-state index is 7.27. The van der Waals surface area contributed by atoms with E-state index in [1.807, 2.05) is 31.0 Å². The minimum atomic E-state index is 0.171. The SMILES string of the molecule is COc1cc(N(C)C(C)CC(=N)N)ccn1. The van der Waals surface area contributed by atoms with Crippen molar-refractivity contribution in [2.75, 3.05) is 19.1 Å². The number of nitrogens with zero attached hydrogens (tertiary/aromatic N) is 2. The second-order valence-electron chi connectivity index (χ2n) is 3.75. The van der Waals surface area contributed by atoms with Crippen LogP contribution in [0.4, 0.5) is 5.69 Å². The maximum Gasteiger partial charge on any atom is 0.214 e. The number of pyridine rings is 1. The molecule has 5 nitrogen and oxygen atoms in total. The maximum atomic E-state index is 7.27. The van der Waals surface area contributed by atoms with Crippen molar-refractivity contribution in [3.63, 3.8) is 0 Å². The van der Waals surface area contributed by atoms with Crippen LogP contribution in [-0.2, 0) is 0 Å². The van der Waals surface area contributed by atoms with Crippen LogP contribution >= 0.6 is 0 Å². The molecule has 0 aliphatic carbocycles. The van der Waals surface area contributed by atoms with Gasteiger partial charge in [-0.05, 0) is 13.0 Å². The Labute approximate surface area is 95.7 Å². The second kappa shape index (κ2) is 5.34. The van der Waals surface area contributed by atoms with E-state index in [2.05, 4.69) is 4.98 Å². The van der Waals surface area contributed by atoms with E-state index in [1.165, 1.54) is 0 Å². The van der Waals surface area contributed by atoms with Crippen LogP contribution in [0.25, 0.3) is 0 Å². The number of hydrogen-bond acceptors (Lipinski definition) is 4. The van der Waals surface area contributed by atoms with Gasteiger partial charge in [0.2, 0.25) is 5.88 Å². The van der Waals surface area contributed by atoms with E-state index in [0.29, 0.717) is 12.3 Å². The zero-order valence-corrected chi connectivity index (χ0v) is 9.90. The molecule has 0 aliphatic heterocycles. The van der Waals surface area contributed by atoms with E-state index >= 15 is 0 Å². The Kier molecular flexibility index (Phi) is 4.10. The summed E-state index contributed by atoms with van der Waals surface area (Å²) in [7, 11) is 3.55. The molecule has 0 amide bonds. The van der Waals surface area contributed by atoms with Gasteiger partial charge in [-0.2, -0.15) is 0 Å². The van der Waals surface area contributed by atoms with Gasteiger partial charge in [-0.3, -0.25) is 5.41 Å². The minimum Gasteiger partial charge on any atom is -0.481 e. The van der Waals surface area contributed by atoms with Crippen molar-refractivity contribution < 1.29 is 4.74 Å². The summed E-state index contributed by atoms with van der Waals surface area (Å²) in [6.07, 6.45) is 2.24. The molecule has 1 atom stereocenters. The molecule has 88 valence electrons. The van der Waals surface area contributed by atoms with Crippen molar-refractivity contribution >= 4 is 11.5 Å². The summed E-state index contributed by atoms with van der Waals surface area (Å²) in [5.41, 5.74) is 6.39. The number of aromatic nitrogens is 1. The monoisotopic (exact) mass is 222 g/mol. The molecule has 0 radical (unpaired) electrons. The standard InChI is InChI=1S/C11H18N4O/c1-8(6-10(12)13)15(2)9-4-5-14-11(7-9)16-3/h4-5,7-8H,6H2,1-3H3,(H3,12,13). The normalized spacial score (nSPS) is 11.9. The summed E-state index contributed by atoms with van der Waals surface area (Å²) >= 11 is 0. The molecule has 1 heterocycles. The zero-order valence-electron chi connectivity index (χ0n) is 9.90. The highest BCUT2D eigenvalue weighted by molar-refractivity contribution is 5.78. The van der Waals surface area contributed by atoms with E-state index in [4.69, 9.17) is 15.9 Å². The Bertz CT molecular complexity index is 367. The average molecular weight is 222 g/mol. The first-order chi connectivity index (χ1) is 7.54. The molecule has 16 heavy (non-hydrogen) atoms. The Balaban J connectivity index is 2.78. The first kappa shape index (κ1) is 12.3. The van der Waals surface area contributed by atoms with Crippen molar-refractivity contribution in [3.8, 4) is 5.88 Å². The number of amidine groups is 1. The van der Waals surface area contributed by atoms with E-state index < -0.39 is 0 Å². The lowest BCUT2D eigenvalue weighted by atomic mass is 10.2. The number of hydrogen-bond donors (Lipinski definition) is 2. The van der Waals surface area contributed by atoms with E-state index in [1.54, 1.807) is 13.3 Å². The highest BCUT2D eigenvalue weighted by atomic mass is 16.5. The molecule has 0 fully saturated rings. The zero-order chi connectivity index (χ0) is 12.1. The van der Waals surface area contributed by atoms with Crippen LogP contribution < -0.4 is 15.4 Å². The van der Waals surface area contributed by atoms with Gasteiger partial charge in [0, 0.05) is 37.5 Å². The van der Waals surface area contributed by atoms with E-state index in [0.717, 1.165) is 5.69 Å². The van der Waals surface area contributed by atoms with Crippen molar-refractivity contribution in [1.29, 1.82) is 5.41 Å². The third-order valence-corrected chi connectivity index (χ3v) is 2.51. The first-order valence-corrected chi connectivity index (χ1v) is 5.10. The lowest BCUT2D eigenvalue weighted by Gasteiger charge is -2.26. The third kappa shape index (κ3) is 3.12. The predicted octanol–water partition coefficient (Wildman–Crippen LogP) is 1.24. The van der Waals surface area contributed by atoms with Gasteiger partial charge in [-0.15, -0.1) is 0 Å². The Morgan fingerprint density at radius 3 is 2.94 bits per heavy atom. The first-order valence-electron chi connectivity index (χ1n) is 5.10. The molecule has 1 aromatic heterocycles. The molecule has 0 saturated carbocycles. The Morgan fingerprint density at radius 2 is 2.38 bits per heavy atom. The highest BCUT2D eigenvalue weighted by Crippen LogP contribution is 2.19. The predicted molar refractivity (Wildman–Crippen MR) is 65.2 cm³/mol. The van der Waals surface area contributed by atoms with Gasteiger partial charge < -0.3 is 15.4 Å². The third-order valence-electron chi connectivity index (χ3n) is 2.51. The molecule has 0 aliphatic rings. The molecular formula is C11H18N4O. The highest BCUT2D eigenvalue weighted by Gasteiger charge is 2.11. The van der Waals surface area contributed by atoms with E-state index in [-0.39, 0.29) is 11.9 Å². The lowest BCUT2D eigenvalue weighted by Crippen LogP contribution is -2.32. The summed E-state index contributed by atoms with van der Waals surface area (Å²) < 4.78 is 5.06. The van der Waals surface area contributed by atoms with Crippen LogP contribution in [0.2, 0.25) is 0 Å². The quantitative estimate of drug-likeness (QED) is 0.580. The summed E-state index contributed by atoms with van der Waals surface area (Å²) in [6, 6.07) is 3.93. The smallest absolute Gasteiger partial charge is 0.214 e. The van der Waals surface area contributed by atoms with Gasteiger partial charge in [0.1, 0.15) is 0 Å². The molecule has 3 N–H and O–H groups in total. The second-order valence-corrected chi connectivity index (χ2v) is 3.75. The van der Waals surface area contributed by atoms with Gasteiger partial charge in [0.25, 0.3) is 0 Å². The van der Waals surface area contributed by atoms with Gasteiger partial charge >= 0.3 is 0 Å². The van der Waals surface area contributed by atoms with Crippen molar-refractivity contribution in [2.24, 2.45) is 5.73 Å². The number of anilines is 1. The Hall–Kier alpha value is -1.78. The molecule has 0 bridgehead atoms. The number of ether oxygens (including phenoxy) is 1. The minimum absolute atomic E-state index is 0.171. The number of nitrogens with one attached hydrogen (secondary N) is 1. The summed E-state index contributed by atoms with van der Waals surface area (Å²) in [5, 5.41) is 7.27. The molecular weight excluding hydrogens is 204 g/mol. The number of nitrogens with two attached hydrogens (primary N) is 1. The molecule has 5 heteroatoms.